The van der Waals surface area contributed by atoms with E-state index in [1.165, 1.54) is 57.8 Å². The molecule has 0 saturated carbocycles. The molecule has 4 nitrogen and oxygen atoms in total. The summed E-state index contributed by atoms with van der Waals surface area (Å²) in [6, 6.07) is -0.284. The van der Waals surface area contributed by atoms with Crippen molar-refractivity contribution in [1.82, 2.24) is 10.6 Å². The number of carbonyl (C=O) groups excluding carboxylic acids is 1. The third-order valence-corrected chi connectivity index (χ3v) is 3.06. The van der Waals surface area contributed by atoms with Gasteiger partial charge in [0.2, 0.25) is 0 Å². The normalized spacial score (nSPS) is 10.3. The van der Waals surface area contributed by atoms with Crippen molar-refractivity contribution >= 4 is 6.03 Å². The Morgan fingerprint density at radius 1 is 0.833 bits per heavy atom. The van der Waals surface area contributed by atoms with Gasteiger partial charge in [-0.15, -0.1) is 0 Å². The zero-order valence-electron chi connectivity index (χ0n) is 11.8. The lowest BCUT2D eigenvalue weighted by Crippen LogP contribution is -2.36. The molecule has 0 aliphatic carbocycles. The highest BCUT2D eigenvalue weighted by Gasteiger charge is 1.96. The number of urea groups is 1. The highest BCUT2D eigenvalue weighted by molar-refractivity contribution is 5.73. The summed E-state index contributed by atoms with van der Waals surface area (Å²) in [5.74, 6) is 0. The first kappa shape index (κ1) is 17.2. The predicted octanol–water partition coefficient (Wildman–Crippen LogP) is 3.16. The van der Waals surface area contributed by atoms with Gasteiger partial charge in [0.25, 0.3) is 0 Å². The van der Waals surface area contributed by atoms with Crippen molar-refractivity contribution in [2.75, 3.05) is 13.3 Å². The minimum absolute atomic E-state index is 0.284. The van der Waals surface area contributed by atoms with Gasteiger partial charge in [0.1, 0.15) is 6.73 Å². The van der Waals surface area contributed by atoms with Crippen LogP contribution in [0.15, 0.2) is 0 Å². The van der Waals surface area contributed by atoms with Crippen LogP contribution in [0.25, 0.3) is 0 Å². The summed E-state index contributed by atoms with van der Waals surface area (Å²) in [7, 11) is 0. The fourth-order valence-electron chi connectivity index (χ4n) is 1.95. The van der Waals surface area contributed by atoms with Gasteiger partial charge in [-0.05, 0) is 6.42 Å². The molecule has 0 heterocycles. The van der Waals surface area contributed by atoms with Crippen molar-refractivity contribution in [2.45, 2.75) is 71.1 Å². The molecule has 3 N–H and O–H groups in total. The van der Waals surface area contributed by atoms with Crippen LogP contribution in [0.4, 0.5) is 4.79 Å². The van der Waals surface area contributed by atoms with E-state index in [1.807, 2.05) is 0 Å². The molecular formula is C14H30N2O2. The molecule has 0 radical (unpaired) electrons. The second-order valence-electron chi connectivity index (χ2n) is 4.77. The molecule has 0 fully saturated rings. The van der Waals surface area contributed by atoms with E-state index in [0.717, 1.165) is 6.42 Å². The molecule has 0 atom stereocenters. The van der Waals surface area contributed by atoms with E-state index in [2.05, 4.69) is 17.6 Å². The molecule has 0 aliphatic rings. The number of hydrogen-bond acceptors (Lipinski definition) is 2. The monoisotopic (exact) mass is 258 g/mol. The van der Waals surface area contributed by atoms with Gasteiger partial charge in [-0.3, -0.25) is 0 Å². The fourth-order valence-corrected chi connectivity index (χ4v) is 1.95. The number of hydrogen-bond donors (Lipinski definition) is 3. The summed E-state index contributed by atoms with van der Waals surface area (Å²) in [4.78, 5) is 10.9. The van der Waals surface area contributed by atoms with Crippen LogP contribution in [0.1, 0.15) is 71.1 Å². The summed E-state index contributed by atoms with van der Waals surface area (Å²) < 4.78 is 0. The van der Waals surface area contributed by atoms with E-state index in [9.17, 15) is 4.79 Å². The van der Waals surface area contributed by atoms with Crippen molar-refractivity contribution in [1.29, 1.82) is 0 Å². The molecule has 0 rings (SSSR count). The fraction of sp³-hybridized carbons (Fsp3) is 0.929. The van der Waals surface area contributed by atoms with Crippen molar-refractivity contribution < 1.29 is 9.90 Å². The molecule has 108 valence electrons. The van der Waals surface area contributed by atoms with Crippen LogP contribution in [0.5, 0.6) is 0 Å². The average molecular weight is 258 g/mol. The number of rotatable bonds is 12. The Hall–Kier alpha value is -0.770. The van der Waals surface area contributed by atoms with E-state index >= 15 is 0 Å². The molecule has 18 heavy (non-hydrogen) atoms. The maximum absolute atomic E-state index is 10.9. The van der Waals surface area contributed by atoms with Crippen LogP contribution in [-0.4, -0.2) is 24.4 Å². The zero-order valence-corrected chi connectivity index (χ0v) is 11.8. The standard InChI is InChI=1S/C14H30N2O2/c1-2-3-4-5-6-7-8-9-10-11-12-15-14(18)16-13-17/h17H,2-13H2,1H3,(H2,15,16,18). The molecule has 4 heteroatoms. The first-order valence-electron chi connectivity index (χ1n) is 7.43. The lowest BCUT2D eigenvalue weighted by molar-refractivity contribution is 0.217. The number of amides is 2. The van der Waals surface area contributed by atoms with Crippen molar-refractivity contribution in [3.8, 4) is 0 Å². The van der Waals surface area contributed by atoms with Gasteiger partial charge >= 0.3 is 6.03 Å². The van der Waals surface area contributed by atoms with E-state index in [-0.39, 0.29) is 12.8 Å². The van der Waals surface area contributed by atoms with Crippen LogP contribution in [-0.2, 0) is 0 Å². The summed E-state index contributed by atoms with van der Waals surface area (Å²) in [5.41, 5.74) is 0. The molecule has 0 bridgehead atoms. The molecule has 0 spiro atoms. The van der Waals surface area contributed by atoms with Crippen LogP contribution in [0.2, 0.25) is 0 Å². The molecule has 0 aromatic heterocycles. The largest absolute Gasteiger partial charge is 0.376 e. The van der Waals surface area contributed by atoms with Crippen LogP contribution < -0.4 is 10.6 Å². The average Bonchev–Trinajstić information content (AvgIpc) is 2.36. The topological polar surface area (TPSA) is 61.4 Å². The highest BCUT2D eigenvalue weighted by Crippen LogP contribution is 2.10. The van der Waals surface area contributed by atoms with Crippen molar-refractivity contribution in [3.05, 3.63) is 0 Å². The summed E-state index contributed by atoms with van der Waals surface area (Å²) >= 11 is 0. The van der Waals surface area contributed by atoms with Gasteiger partial charge in [0.15, 0.2) is 0 Å². The Kier molecular flexibility index (Phi) is 13.7. The molecule has 0 saturated heterocycles. The molecular weight excluding hydrogens is 228 g/mol. The van der Waals surface area contributed by atoms with Crippen LogP contribution in [0, 0.1) is 0 Å². The van der Waals surface area contributed by atoms with E-state index in [1.54, 1.807) is 0 Å². The molecule has 0 aliphatic heterocycles. The quantitative estimate of drug-likeness (QED) is 0.372. The predicted molar refractivity (Wildman–Crippen MR) is 75.5 cm³/mol. The third-order valence-electron chi connectivity index (χ3n) is 3.06. The number of aliphatic hydroxyl groups excluding tert-OH is 1. The Balaban J connectivity index is 3.01. The molecule has 0 aromatic carbocycles. The van der Waals surface area contributed by atoms with E-state index in [4.69, 9.17) is 5.11 Å². The lowest BCUT2D eigenvalue weighted by Gasteiger charge is -2.05. The second-order valence-corrected chi connectivity index (χ2v) is 4.77. The minimum Gasteiger partial charge on any atom is -0.376 e. The minimum atomic E-state index is -0.302. The summed E-state index contributed by atoms with van der Waals surface area (Å²) in [6.07, 6.45) is 13.0. The smallest absolute Gasteiger partial charge is 0.316 e. The van der Waals surface area contributed by atoms with Gasteiger partial charge in [0, 0.05) is 6.54 Å². The highest BCUT2D eigenvalue weighted by atomic mass is 16.3. The summed E-state index contributed by atoms with van der Waals surface area (Å²) in [6.45, 7) is 2.64. The zero-order chi connectivity index (χ0) is 13.5. The Morgan fingerprint density at radius 2 is 1.33 bits per heavy atom. The van der Waals surface area contributed by atoms with E-state index in [0.29, 0.717) is 6.54 Å². The van der Waals surface area contributed by atoms with E-state index < -0.39 is 0 Å². The Labute approximate surface area is 112 Å². The molecule has 0 aromatic rings. The number of aliphatic hydroxyl groups is 1. The number of unbranched alkanes of at least 4 members (excludes halogenated alkanes) is 9. The first-order valence-corrected chi connectivity index (χ1v) is 7.43. The number of carbonyl (C=O) groups is 1. The second kappa shape index (κ2) is 14.3. The van der Waals surface area contributed by atoms with Gasteiger partial charge in [-0.25, -0.2) is 4.79 Å². The first-order chi connectivity index (χ1) is 8.81. The lowest BCUT2D eigenvalue weighted by atomic mass is 10.1. The van der Waals surface area contributed by atoms with Crippen LogP contribution in [0.3, 0.4) is 0 Å². The Bertz CT molecular complexity index is 187. The van der Waals surface area contributed by atoms with Gasteiger partial charge in [0.05, 0.1) is 0 Å². The SMILES string of the molecule is CCCCCCCCCCCCNC(=O)NCO. The number of nitrogens with one attached hydrogen (secondary N) is 2. The van der Waals surface area contributed by atoms with Crippen molar-refractivity contribution in [3.63, 3.8) is 0 Å². The maximum Gasteiger partial charge on any atom is 0.316 e. The van der Waals surface area contributed by atoms with Crippen molar-refractivity contribution in [2.24, 2.45) is 0 Å². The van der Waals surface area contributed by atoms with Gasteiger partial charge in [-0.1, -0.05) is 64.7 Å². The van der Waals surface area contributed by atoms with Crippen LogP contribution >= 0.6 is 0 Å². The van der Waals surface area contributed by atoms with Gasteiger partial charge in [-0.2, -0.15) is 0 Å². The Morgan fingerprint density at radius 3 is 1.83 bits per heavy atom. The van der Waals surface area contributed by atoms with Gasteiger partial charge < -0.3 is 15.7 Å². The third kappa shape index (κ3) is 13.3. The maximum atomic E-state index is 10.9. The molecule has 2 amide bonds. The summed E-state index contributed by atoms with van der Waals surface area (Å²) in [5, 5.41) is 13.4. The molecule has 0 unspecified atom stereocenters.